The number of allylic oxidation sites excluding steroid dienone is 4. The van der Waals surface area contributed by atoms with Crippen molar-refractivity contribution in [3.63, 3.8) is 0 Å². The quantitative estimate of drug-likeness (QED) is 0.418. The summed E-state index contributed by atoms with van der Waals surface area (Å²) in [6.07, 6.45) is 18.0. The summed E-state index contributed by atoms with van der Waals surface area (Å²) >= 11 is 0. The molecule has 0 fully saturated rings. The molecule has 0 bridgehead atoms. The molecule has 0 saturated carbocycles. The Morgan fingerprint density at radius 1 is 0.882 bits per heavy atom. The standard InChI is InChI=1S/C15H26O2/c1-2-3-4-5-6-7-8-9-10-11-12-13-14-15(16)17/h5-6,10-11H,2-4,7-9,12-14H2,1H3,(H,16,17)/b6-5-,11-10+. The van der Waals surface area contributed by atoms with E-state index >= 15 is 0 Å². The third-order valence-electron chi connectivity index (χ3n) is 2.56. The van der Waals surface area contributed by atoms with Gasteiger partial charge in [-0.3, -0.25) is 4.79 Å². The molecule has 2 heteroatoms. The highest BCUT2D eigenvalue weighted by Gasteiger charge is 1.92. The van der Waals surface area contributed by atoms with Crippen molar-refractivity contribution in [3.05, 3.63) is 24.3 Å². The van der Waals surface area contributed by atoms with Crippen molar-refractivity contribution in [1.82, 2.24) is 0 Å². The van der Waals surface area contributed by atoms with Gasteiger partial charge < -0.3 is 5.11 Å². The Balaban J connectivity index is 3.19. The molecular formula is C15H26O2. The van der Waals surface area contributed by atoms with Gasteiger partial charge in [0.2, 0.25) is 0 Å². The first-order valence-electron chi connectivity index (χ1n) is 6.79. The minimum Gasteiger partial charge on any atom is -0.481 e. The average molecular weight is 238 g/mol. The predicted octanol–water partition coefficient (Wildman–Crippen LogP) is 4.71. The highest BCUT2D eigenvalue weighted by atomic mass is 16.4. The summed E-state index contributed by atoms with van der Waals surface area (Å²) in [5.41, 5.74) is 0. The van der Waals surface area contributed by atoms with Crippen LogP contribution in [0.5, 0.6) is 0 Å². The van der Waals surface area contributed by atoms with Gasteiger partial charge in [0.1, 0.15) is 0 Å². The monoisotopic (exact) mass is 238 g/mol. The van der Waals surface area contributed by atoms with Gasteiger partial charge in [0.15, 0.2) is 0 Å². The van der Waals surface area contributed by atoms with Crippen molar-refractivity contribution in [2.24, 2.45) is 0 Å². The van der Waals surface area contributed by atoms with Crippen LogP contribution in [0.2, 0.25) is 0 Å². The van der Waals surface area contributed by atoms with Gasteiger partial charge in [-0.05, 0) is 38.5 Å². The molecule has 0 heterocycles. The number of hydrogen-bond acceptors (Lipinski definition) is 1. The van der Waals surface area contributed by atoms with Crippen LogP contribution in [0.1, 0.15) is 64.7 Å². The topological polar surface area (TPSA) is 37.3 Å². The average Bonchev–Trinajstić information content (AvgIpc) is 2.30. The number of carbonyl (C=O) groups is 1. The highest BCUT2D eigenvalue weighted by Crippen LogP contribution is 2.03. The van der Waals surface area contributed by atoms with Crippen LogP contribution in [0.15, 0.2) is 24.3 Å². The lowest BCUT2D eigenvalue weighted by atomic mass is 10.1. The van der Waals surface area contributed by atoms with E-state index < -0.39 is 5.97 Å². The van der Waals surface area contributed by atoms with Crippen LogP contribution in [0.4, 0.5) is 0 Å². The van der Waals surface area contributed by atoms with E-state index in [1.54, 1.807) is 0 Å². The van der Waals surface area contributed by atoms with Crippen molar-refractivity contribution < 1.29 is 9.90 Å². The number of unbranched alkanes of at least 4 members (excludes halogenated alkanes) is 5. The summed E-state index contributed by atoms with van der Waals surface area (Å²) in [5, 5.41) is 8.44. The maximum Gasteiger partial charge on any atom is 0.303 e. The van der Waals surface area contributed by atoms with Crippen LogP contribution in [-0.2, 0) is 4.79 Å². The van der Waals surface area contributed by atoms with E-state index in [2.05, 4.69) is 31.2 Å². The molecule has 0 atom stereocenters. The molecule has 0 spiro atoms. The molecule has 0 saturated heterocycles. The van der Waals surface area contributed by atoms with E-state index in [4.69, 9.17) is 5.11 Å². The number of rotatable bonds is 11. The van der Waals surface area contributed by atoms with Crippen LogP contribution in [0, 0.1) is 0 Å². The maximum atomic E-state index is 10.2. The molecule has 0 amide bonds. The Hall–Kier alpha value is -1.05. The summed E-state index contributed by atoms with van der Waals surface area (Å²) in [6, 6.07) is 0. The molecule has 0 aliphatic carbocycles. The molecule has 0 aliphatic heterocycles. The third kappa shape index (κ3) is 14.9. The minimum absolute atomic E-state index is 0.282. The molecule has 17 heavy (non-hydrogen) atoms. The Kier molecular flexibility index (Phi) is 12.2. The molecule has 0 aromatic carbocycles. The maximum absolute atomic E-state index is 10.2. The van der Waals surface area contributed by atoms with E-state index in [9.17, 15) is 4.79 Å². The zero-order chi connectivity index (χ0) is 12.8. The van der Waals surface area contributed by atoms with Gasteiger partial charge in [0.25, 0.3) is 0 Å². The fraction of sp³-hybridized carbons (Fsp3) is 0.667. The summed E-state index contributed by atoms with van der Waals surface area (Å²) < 4.78 is 0. The van der Waals surface area contributed by atoms with Crippen molar-refractivity contribution in [2.75, 3.05) is 0 Å². The lowest BCUT2D eigenvalue weighted by molar-refractivity contribution is -0.137. The van der Waals surface area contributed by atoms with Gasteiger partial charge in [-0.1, -0.05) is 44.1 Å². The van der Waals surface area contributed by atoms with E-state index in [1.807, 2.05) is 0 Å². The summed E-state index contributed by atoms with van der Waals surface area (Å²) in [7, 11) is 0. The van der Waals surface area contributed by atoms with Crippen molar-refractivity contribution in [1.29, 1.82) is 0 Å². The lowest BCUT2D eigenvalue weighted by Gasteiger charge is -1.93. The second kappa shape index (κ2) is 13.0. The molecule has 98 valence electrons. The van der Waals surface area contributed by atoms with Gasteiger partial charge in [-0.25, -0.2) is 0 Å². The van der Waals surface area contributed by atoms with E-state index in [-0.39, 0.29) is 6.42 Å². The van der Waals surface area contributed by atoms with Crippen LogP contribution in [0.3, 0.4) is 0 Å². The fourth-order valence-electron chi connectivity index (χ4n) is 1.52. The first-order valence-corrected chi connectivity index (χ1v) is 6.79. The first kappa shape index (κ1) is 16.0. The highest BCUT2D eigenvalue weighted by molar-refractivity contribution is 5.66. The zero-order valence-electron chi connectivity index (χ0n) is 11.0. The number of hydrogen-bond donors (Lipinski definition) is 1. The predicted molar refractivity (Wildman–Crippen MR) is 73.1 cm³/mol. The van der Waals surface area contributed by atoms with Gasteiger partial charge in [0.05, 0.1) is 0 Å². The molecule has 0 radical (unpaired) electrons. The van der Waals surface area contributed by atoms with Crippen LogP contribution >= 0.6 is 0 Å². The summed E-state index contributed by atoms with van der Waals surface area (Å²) in [5.74, 6) is -0.699. The molecule has 0 rings (SSSR count). The molecule has 1 N–H and O–H groups in total. The van der Waals surface area contributed by atoms with Crippen LogP contribution in [-0.4, -0.2) is 11.1 Å². The number of carboxylic acid groups (broad SMARTS) is 1. The van der Waals surface area contributed by atoms with E-state index in [0.717, 1.165) is 25.7 Å². The molecule has 0 aromatic rings. The Morgan fingerprint density at radius 2 is 1.35 bits per heavy atom. The summed E-state index contributed by atoms with van der Waals surface area (Å²) in [6.45, 7) is 2.21. The second-order valence-corrected chi connectivity index (χ2v) is 4.30. The largest absolute Gasteiger partial charge is 0.481 e. The Bertz CT molecular complexity index is 229. The number of aliphatic carboxylic acids is 1. The molecular weight excluding hydrogens is 212 g/mol. The van der Waals surface area contributed by atoms with Gasteiger partial charge in [0, 0.05) is 6.42 Å². The van der Waals surface area contributed by atoms with Gasteiger partial charge >= 0.3 is 5.97 Å². The first-order chi connectivity index (χ1) is 8.27. The van der Waals surface area contributed by atoms with Crippen molar-refractivity contribution in [2.45, 2.75) is 64.7 Å². The smallest absolute Gasteiger partial charge is 0.303 e. The Labute approximate surface area is 105 Å². The van der Waals surface area contributed by atoms with Crippen molar-refractivity contribution in [3.8, 4) is 0 Å². The Morgan fingerprint density at radius 3 is 1.82 bits per heavy atom. The fourth-order valence-corrected chi connectivity index (χ4v) is 1.52. The summed E-state index contributed by atoms with van der Waals surface area (Å²) in [4.78, 5) is 10.2. The normalized spacial score (nSPS) is 11.6. The molecule has 0 aromatic heterocycles. The van der Waals surface area contributed by atoms with E-state index in [1.165, 1.54) is 25.7 Å². The second-order valence-electron chi connectivity index (χ2n) is 4.30. The minimum atomic E-state index is -0.699. The molecule has 2 nitrogen and oxygen atoms in total. The lowest BCUT2D eigenvalue weighted by Crippen LogP contribution is -1.92. The van der Waals surface area contributed by atoms with Crippen LogP contribution < -0.4 is 0 Å². The van der Waals surface area contributed by atoms with Crippen LogP contribution in [0.25, 0.3) is 0 Å². The molecule has 0 aliphatic rings. The van der Waals surface area contributed by atoms with Crippen molar-refractivity contribution >= 4 is 5.97 Å². The van der Waals surface area contributed by atoms with E-state index in [0.29, 0.717) is 0 Å². The third-order valence-corrected chi connectivity index (χ3v) is 2.56. The van der Waals surface area contributed by atoms with Gasteiger partial charge in [-0.15, -0.1) is 0 Å². The SMILES string of the molecule is CCCC/C=C\CCC/C=C/CCCC(=O)O. The van der Waals surface area contributed by atoms with Gasteiger partial charge in [-0.2, -0.15) is 0 Å². The zero-order valence-corrected chi connectivity index (χ0v) is 11.0. The number of carboxylic acids is 1. The molecule has 0 unspecified atom stereocenters.